The van der Waals surface area contributed by atoms with Gasteiger partial charge in [-0.05, 0) is 37.6 Å². The Morgan fingerprint density at radius 2 is 1.96 bits per heavy atom. The molecule has 0 spiro atoms. The molecule has 1 saturated heterocycles. The zero-order valence-electron chi connectivity index (χ0n) is 12.7. The highest BCUT2D eigenvalue weighted by molar-refractivity contribution is 6.06. The number of rotatable bonds is 2. The Kier molecular flexibility index (Phi) is 4.55. The predicted octanol–water partition coefficient (Wildman–Crippen LogP) is 3.95. The molecule has 2 heterocycles. The van der Waals surface area contributed by atoms with Crippen LogP contribution in [0, 0.1) is 5.92 Å². The van der Waals surface area contributed by atoms with E-state index in [4.69, 9.17) is 4.42 Å². The van der Waals surface area contributed by atoms with Gasteiger partial charge in [0.15, 0.2) is 0 Å². The van der Waals surface area contributed by atoms with E-state index < -0.39 is 0 Å². The first-order valence-corrected chi connectivity index (χ1v) is 7.74. The number of para-hydroxylation sites is 1. The third-order valence-electron chi connectivity index (χ3n) is 4.31. The molecule has 1 aromatic heterocycles. The minimum absolute atomic E-state index is 0. The lowest BCUT2D eigenvalue weighted by molar-refractivity contribution is -0.120. The molecule has 0 saturated carbocycles. The summed E-state index contributed by atoms with van der Waals surface area (Å²) in [4.78, 5) is 12.3. The topological polar surface area (TPSA) is 54.3 Å². The molecule has 0 bridgehead atoms. The van der Waals surface area contributed by atoms with Gasteiger partial charge in [-0.1, -0.05) is 18.2 Å². The average molecular weight is 331 g/mol. The van der Waals surface area contributed by atoms with E-state index in [1.807, 2.05) is 42.5 Å². The Morgan fingerprint density at radius 1 is 1.13 bits per heavy atom. The van der Waals surface area contributed by atoms with E-state index in [9.17, 15) is 4.79 Å². The fourth-order valence-electron chi connectivity index (χ4n) is 3.12. The number of furan rings is 1. The first kappa shape index (κ1) is 15.8. The minimum atomic E-state index is 0. The lowest BCUT2D eigenvalue weighted by atomic mass is 9.99. The van der Waals surface area contributed by atoms with Crippen molar-refractivity contribution in [3.8, 4) is 0 Å². The summed E-state index contributed by atoms with van der Waals surface area (Å²) in [6, 6.07) is 13.8. The molecule has 0 radical (unpaired) electrons. The van der Waals surface area contributed by atoms with Crippen molar-refractivity contribution in [2.24, 2.45) is 5.92 Å². The van der Waals surface area contributed by atoms with Crippen molar-refractivity contribution in [3.05, 3.63) is 42.5 Å². The van der Waals surface area contributed by atoms with E-state index >= 15 is 0 Å². The number of benzene rings is 2. The van der Waals surface area contributed by atoms with Crippen molar-refractivity contribution in [1.29, 1.82) is 0 Å². The molecular weight excluding hydrogens is 312 g/mol. The van der Waals surface area contributed by atoms with Crippen molar-refractivity contribution < 1.29 is 9.21 Å². The van der Waals surface area contributed by atoms with Crippen LogP contribution in [0.5, 0.6) is 0 Å². The maximum atomic E-state index is 12.3. The predicted molar refractivity (Wildman–Crippen MR) is 95.2 cm³/mol. The maximum Gasteiger partial charge on any atom is 0.228 e. The second-order valence-electron chi connectivity index (χ2n) is 5.84. The number of amides is 1. The molecule has 1 aliphatic heterocycles. The van der Waals surface area contributed by atoms with Gasteiger partial charge in [0.1, 0.15) is 11.2 Å². The van der Waals surface area contributed by atoms with Crippen LogP contribution in [0.15, 0.2) is 46.9 Å². The molecule has 4 nitrogen and oxygen atoms in total. The molecule has 1 aliphatic rings. The van der Waals surface area contributed by atoms with Gasteiger partial charge in [0.05, 0.1) is 5.92 Å². The number of hydrogen-bond donors (Lipinski definition) is 2. The number of carbonyl (C=O) groups is 1. The molecular formula is C18H19ClN2O2. The highest BCUT2D eigenvalue weighted by Crippen LogP contribution is 2.30. The summed E-state index contributed by atoms with van der Waals surface area (Å²) in [5.41, 5.74) is 2.47. The van der Waals surface area contributed by atoms with Gasteiger partial charge in [-0.3, -0.25) is 4.79 Å². The van der Waals surface area contributed by atoms with Crippen LogP contribution in [-0.2, 0) is 4.79 Å². The van der Waals surface area contributed by atoms with Gasteiger partial charge in [-0.2, -0.15) is 0 Å². The van der Waals surface area contributed by atoms with Gasteiger partial charge >= 0.3 is 0 Å². The molecule has 1 amide bonds. The zero-order chi connectivity index (χ0) is 14.9. The monoisotopic (exact) mass is 330 g/mol. The van der Waals surface area contributed by atoms with Gasteiger partial charge in [0, 0.05) is 29.1 Å². The van der Waals surface area contributed by atoms with Gasteiger partial charge < -0.3 is 15.1 Å². The molecule has 0 aliphatic carbocycles. The molecule has 3 aromatic rings. The highest BCUT2D eigenvalue weighted by Gasteiger charge is 2.21. The smallest absolute Gasteiger partial charge is 0.228 e. The van der Waals surface area contributed by atoms with Crippen LogP contribution in [-0.4, -0.2) is 19.0 Å². The normalized spacial score (nSPS) is 17.8. The Balaban J connectivity index is 0.00000156. The highest BCUT2D eigenvalue weighted by atomic mass is 35.5. The van der Waals surface area contributed by atoms with Crippen LogP contribution in [0.1, 0.15) is 12.8 Å². The molecule has 1 fully saturated rings. The van der Waals surface area contributed by atoms with Gasteiger partial charge in [0.25, 0.3) is 0 Å². The Bertz CT molecular complexity index is 837. The van der Waals surface area contributed by atoms with Crippen LogP contribution in [0.4, 0.5) is 5.69 Å². The lowest BCUT2D eigenvalue weighted by Gasteiger charge is -2.21. The lowest BCUT2D eigenvalue weighted by Crippen LogP contribution is -2.37. The zero-order valence-corrected chi connectivity index (χ0v) is 13.5. The number of nitrogens with one attached hydrogen (secondary N) is 2. The average Bonchev–Trinajstić information content (AvgIpc) is 2.93. The van der Waals surface area contributed by atoms with Crippen molar-refractivity contribution >= 4 is 45.9 Å². The van der Waals surface area contributed by atoms with Crippen LogP contribution in [0.25, 0.3) is 21.9 Å². The van der Waals surface area contributed by atoms with Crippen LogP contribution >= 0.6 is 12.4 Å². The third kappa shape index (κ3) is 3.05. The summed E-state index contributed by atoms with van der Waals surface area (Å²) in [5, 5.41) is 8.46. The molecule has 4 rings (SSSR count). The van der Waals surface area contributed by atoms with E-state index in [0.29, 0.717) is 0 Å². The number of hydrogen-bond acceptors (Lipinski definition) is 3. The summed E-state index contributed by atoms with van der Waals surface area (Å²) in [6.45, 7) is 1.77. The largest absolute Gasteiger partial charge is 0.456 e. The number of carbonyl (C=O) groups excluding carboxylic acids is 1. The standard InChI is InChI=1S/C18H18N2O2.ClH/c21-18(12-4-3-9-19-11-12)20-13-7-8-15-14-5-1-2-6-16(14)22-17(15)10-13;/h1-2,5-8,10,12,19H,3-4,9,11H2,(H,20,21);1H. The molecule has 1 unspecified atom stereocenters. The first-order chi connectivity index (χ1) is 10.8. The Hall–Kier alpha value is -2.04. The van der Waals surface area contributed by atoms with Gasteiger partial charge in [0.2, 0.25) is 5.91 Å². The fraction of sp³-hybridized carbons (Fsp3) is 0.278. The molecule has 1 atom stereocenters. The quantitative estimate of drug-likeness (QED) is 0.748. The first-order valence-electron chi connectivity index (χ1n) is 7.74. The van der Waals surface area contributed by atoms with Crippen LogP contribution in [0.3, 0.4) is 0 Å². The number of halogens is 1. The number of fused-ring (bicyclic) bond motifs is 3. The molecule has 2 aromatic carbocycles. The van der Waals surface area contributed by atoms with Crippen molar-refractivity contribution in [2.75, 3.05) is 18.4 Å². The molecule has 23 heavy (non-hydrogen) atoms. The van der Waals surface area contributed by atoms with E-state index in [-0.39, 0.29) is 24.2 Å². The van der Waals surface area contributed by atoms with E-state index in [2.05, 4.69) is 10.6 Å². The third-order valence-corrected chi connectivity index (χ3v) is 4.31. The molecule has 5 heteroatoms. The SMILES string of the molecule is Cl.O=C(Nc1ccc2c(c1)oc1ccccc12)C1CCCNC1. The number of piperidine rings is 1. The summed E-state index contributed by atoms with van der Waals surface area (Å²) in [6.07, 6.45) is 2.01. The second-order valence-corrected chi connectivity index (χ2v) is 5.84. The summed E-state index contributed by atoms with van der Waals surface area (Å²) < 4.78 is 5.86. The van der Waals surface area contributed by atoms with E-state index in [1.165, 1.54) is 0 Å². The van der Waals surface area contributed by atoms with Gasteiger partial charge in [-0.25, -0.2) is 0 Å². The minimum Gasteiger partial charge on any atom is -0.456 e. The van der Waals surface area contributed by atoms with Crippen molar-refractivity contribution in [3.63, 3.8) is 0 Å². The summed E-state index contributed by atoms with van der Waals surface area (Å²) >= 11 is 0. The maximum absolute atomic E-state index is 12.3. The van der Waals surface area contributed by atoms with Crippen LogP contribution < -0.4 is 10.6 Å². The molecule has 120 valence electrons. The Morgan fingerprint density at radius 3 is 2.78 bits per heavy atom. The van der Waals surface area contributed by atoms with E-state index in [1.54, 1.807) is 0 Å². The fourth-order valence-corrected chi connectivity index (χ4v) is 3.12. The van der Waals surface area contributed by atoms with Crippen LogP contribution in [0.2, 0.25) is 0 Å². The van der Waals surface area contributed by atoms with E-state index in [0.717, 1.165) is 53.6 Å². The van der Waals surface area contributed by atoms with Crippen molar-refractivity contribution in [2.45, 2.75) is 12.8 Å². The second kappa shape index (κ2) is 6.60. The summed E-state index contributed by atoms with van der Waals surface area (Å²) in [5.74, 6) is 0.141. The molecule has 2 N–H and O–H groups in total. The van der Waals surface area contributed by atoms with Gasteiger partial charge in [-0.15, -0.1) is 12.4 Å². The summed E-state index contributed by atoms with van der Waals surface area (Å²) in [7, 11) is 0. The number of anilines is 1. The van der Waals surface area contributed by atoms with Crippen molar-refractivity contribution in [1.82, 2.24) is 5.32 Å². The Labute approximate surface area is 140 Å².